The van der Waals surface area contributed by atoms with Crippen LogP contribution < -0.4 is 14.5 Å². The predicted molar refractivity (Wildman–Crippen MR) is 229 cm³/mol. The van der Waals surface area contributed by atoms with Gasteiger partial charge in [-0.2, -0.15) is 0 Å². The molecule has 2 aliphatic heterocycles. The molecule has 0 amide bonds. The molecule has 0 saturated heterocycles. The highest BCUT2D eigenvalue weighted by Crippen LogP contribution is 2.62. The maximum absolute atomic E-state index is 7.06. The van der Waals surface area contributed by atoms with Crippen LogP contribution in [0.3, 0.4) is 0 Å². The number of ether oxygens (including phenoxy) is 1. The molecule has 1 aliphatic carbocycles. The first-order chi connectivity index (χ1) is 26.8. The topological polar surface area (TPSA) is 15.7 Å². The molecule has 264 valence electrons. The second kappa shape index (κ2) is 11.5. The summed E-state index contributed by atoms with van der Waals surface area (Å²) >= 11 is 0. The summed E-state index contributed by atoms with van der Waals surface area (Å²) in [6.45, 7) is 9.42. The smallest absolute Gasteiger partial charge is 0.153 e. The van der Waals surface area contributed by atoms with Crippen molar-refractivity contribution >= 4 is 44.9 Å². The highest BCUT2D eigenvalue weighted by atomic mass is 16.5. The molecule has 0 atom stereocenters. The van der Waals surface area contributed by atoms with Crippen LogP contribution in [0.15, 0.2) is 170 Å². The van der Waals surface area contributed by atoms with Crippen molar-refractivity contribution in [3.8, 4) is 33.8 Å². The SMILES string of the molecule is CC1(C)c2ccccc2-c2ccc(N(c3ccc(-c4ccccc4)cc3)c3cc4c5c(c3)C(C)(C)c3ccccc3N5c3c(ccc5ccccc35)O4)cc21. The molecule has 8 aromatic carbocycles. The summed E-state index contributed by atoms with van der Waals surface area (Å²) in [7, 11) is 0. The molecule has 11 rings (SSSR count). The van der Waals surface area contributed by atoms with E-state index in [2.05, 4.69) is 207 Å². The highest BCUT2D eigenvalue weighted by Gasteiger charge is 2.43. The zero-order valence-corrected chi connectivity index (χ0v) is 31.5. The summed E-state index contributed by atoms with van der Waals surface area (Å²) in [4.78, 5) is 4.88. The van der Waals surface area contributed by atoms with Crippen LogP contribution in [0.2, 0.25) is 0 Å². The maximum Gasteiger partial charge on any atom is 0.153 e. The molecule has 0 saturated carbocycles. The highest BCUT2D eigenvalue weighted by molar-refractivity contribution is 6.06. The standard InChI is InChI=1S/C52H40N2O/c1-51(2)42-19-11-10-18-40(42)41-28-27-37(30-44(41)51)53(36-25-22-34(23-26-36)33-14-6-5-7-15-33)38-31-45-50-48(32-38)55-47-29-24-35-16-8-9-17-39(35)49(47)54(50)46-21-13-12-20-43(46)52(45,3)4/h5-32H,1-4H3. The van der Waals surface area contributed by atoms with Gasteiger partial charge in [0.1, 0.15) is 0 Å². The number of rotatable bonds is 4. The monoisotopic (exact) mass is 708 g/mol. The zero-order valence-electron chi connectivity index (χ0n) is 31.5. The van der Waals surface area contributed by atoms with Crippen LogP contribution in [0, 0.1) is 0 Å². The van der Waals surface area contributed by atoms with E-state index in [1.54, 1.807) is 0 Å². The van der Waals surface area contributed by atoms with E-state index in [0.717, 1.165) is 39.9 Å². The Bertz CT molecular complexity index is 2850. The molecular formula is C52H40N2O. The Morgan fingerprint density at radius 3 is 1.91 bits per heavy atom. The Labute approximate surface area is 322 Å². The molecule has 8 aromatic rings. The Kier molecular flexibility index (Phi) is 6.65. The quantitative estimate of drug-likeness (QED) is 0.181. The fraction of sp³-hybridized carbons (Fsp3) is 0.115. The van der Waals surface area contributed by atoms with Crippen LogP contribution in [0.1, 0.15) is 49.9 Å². The first-order valence-electron chi connectivity index (χ1n) is 19.3. The van der Waals surface area contributed by atoms with Crippen molar-refractivity contribution in [2.24, 2.45) is 0 Å². The van der Waals surface area contributed by atoms with E-state index >= 15 is 0 Å². The first-order valence-corrected chi connectivity index (χ1v) is 19.3. The summed E-state index contributed by atoms with van der Waals surface area (Å²) in [6.07, 6.45) is 0. The Morgan fingerprint density at radius 2 is 1.07 bits per heavy atom. The molecule has 3 heteroatoms. The number of fused-ring (bicyclic) bond motifs is 9. The van der Waals surface area contributed by atoms with E-state index in [1.165, 1.54) is 61.0 Å². The summed E-state index contributed by atoms with van der Waals surface area (Å²) in [6, 6.07) is 62.0. The molecule has 0 aromatic heterocycles. The van der Waals surface area contributed by atoms with Gasteiger partial charge in [-0.15, -0.1) is 0 Å². The largest absolute Gasteiger partial charge is 0.453 e. The summed E-state index contributed by atoms with van der Waals surface area (Å²) in [5.41, 5.74) is 16.5. The third-order valence-electron chi connectivity index (χ3n) is 12.4. The van der Waals surface area contributed by atoms with Crippen LogP contribution >= 0.6 is 0 Å². The number of nitrogens with zero attached hydrogens (tertiary/aromatic N) is 2. The Balaban J connectivity index is 1.15. The Morgan fingerprint density at radius 1 is 0.436 bits per heavy atom. The Hall–Kier alpha value is -6.58. The van der Waals surface area contributed by atoms with Gasteiger partial charge in [0.15, 0.2) is 11.5 Å². The normalized spacial score (nSPS) is 14.9. The molecule has 2 heterocycles. The zero-order chi connectivity index (χ0) is 37.1. The molecule has 3 aliphatic rings. The number of anilines is 6. The first kappa shape index (κ1) is 31.9. The van der Waals surface area contributed by atoms with Gasteiger partial charge >= 0.3 is 0 Å². The van der Waals surface area contributed by atoms with Gasteiger partial charge in [-0.1, -0.05) is 149 Å². The summed E-state index contributed by atoms with van der Waals surface area (Å²) < 4.78 is 7.06. The molecule has 0 spiro atoms. The lowest BCUT2D eigenvalue weighted by Gasteiger charge is -2.45. The van der Waals surface area contributed by atoms with Crippen LogP contribution in [-0.2, 0) is 10.8 Å². The van der Waals surface area contributed by atoms with Gasteiger partial charge in [-0.25, -0.2) is 0 Å². The van der Waals surface area contributed by atoms with E-state index in [9.17, 15) is 0 Å². The van der Waals surface area contributed by atoms with Crippen molar-refractivity contribution in [3.63, 3.8) is 0 Å². The van der Waals surface area contributed by atoms with Crippen molar-refractivity contribution in [2.45, 2.75) is 38.5 Å². The van der Waals surface area contributed by atoms with Crippen molar-refractivity contribution < 1.29 is 4.74 Å². The van der Waals surface area contributed by atoms with Crippen molar-refractivity contribution in [2.75, 3.05) is 9.80 Å². The third-order valence-corrected chi connectivity index (χ3v) is 12.4. The number of hydrogen-bond donors (Lipinski definition) is 0. The molecular weight excluding hydrogens is 669 g/mol. The molecule has 0 bridgehead atoms. The molecule has 0 fully saturated rings. The fourth-order valence-corrected chi connectivity index (χ4v) is 9.58. The number of hydrogen-bond acceptors (Lipinski definition) is 3. The van der Waals surface area contributed by atoms with Crippen molar-refractivity contribution in [1.29, 1.82) is 0 Å². The van der Waals surface area contributed by atoms with Gasteiger partial charge in [-0.05, 0) is 92.4 Å². The summed E-state index contributed by atoms with van der Waals surface area (Å²) in [5.74, 6) is 1.72. The van der Waals surface area contributed by atoms with E-state index in [-0.39, 0.29) is 10.8 Å². The second-order valence-electron chi connectivity index (χ2n) is 16.2. The van der Waals surface area contributed by atoms with Gasteiger partial charge in [-0.3, -0.25) is 0 Å². The predicted octanol–water partition coefficient (Wildman–Crippen LogP) is 14.5. The second-order valence-corrected chi connectivity index (χ2v) is 16.2. The number of benzene rings is 8. The van der Waals surface area contributed by atoms with Crippen LogP contribution in [0.4, 0.5) is 34.1 Å². The van der Waals surface area contributed by atoms with E-state index in [4.69, 9.17) is 4.74 Å². The fourth-order valence-electron chi connectivity index (χ4n) is 9.58. The van der Waals surface area contributed by atoms with Gasteiger partial charge in [0.05, 0.1) is 22.7 Å². The molecule has 0 N–H and O–H groups in total. The van der Waals surface area contributed by atoms with Gasteiger partial charge < -0.3 is 14.5 Å². The van der Waals surface area contributed by atoms with Crippen molar-refractivity contribution in [1.82, 2.24) is 0 Å². The van der Waals surface area contributed by atoms with Crippen LogP contribution in [0.25, 0.3) is 33.0 Å². The maximum atomic E-state index is 7.06. The molecule has 0 radical (unpaired) electrons. The van der Waals surface area contributed by atoms with Gasteiger partial charge in [0.25, 0.3) is 0 Å². The van der Waals surface area contributed by atoms with Crippen molar-refractivity contribution in [3.05, 3.63) is 192 Å². The summed E-state index contributed by atoms with van der Waals surface area (Å²) in [5, 5.41) is 2.37. The van der Waals surface area contributed by atoms with E-state index < -0.39 is 0 Å². The van der Waals surface area contributed by atoms with Gasteiger partial charge in [0.2, 0.25) is 0 Å². The minimum Gasteiger partial charge on any atom is -0.453 e. The number of para-hydroxylation sites is 1. The van der Waals surface area contributed by atoms with E-state index in [0.29, 0.717) is 0 Å². The van der Waals surface area contributed by atoms with E-state index in [1.807, 2.05) is 0 Å². The van der Waals surface area contributed by atoms with Crippen LogP contribution in [-0.4, -0.2) is 0 Å². The third kappa shape index (κ3) is 4.56. The molecule has 0 unspecified atom stereocenters. The molecule has 3 nitrogen and oxygen atoms in total. The minimum absolute atomic E-state index is 0.131. The molecule has 55 heavy (non-hydrogen) atoms. The lowest BCUT2D eigenvalue weighted by atomic mass is 9.72. The van der Waals surface area contributed by atoms with Crippen LogP contribution in [0.5, 0.6) is 11.5 Å². The average Bonchev–Trinajstić information content (AvgIpc) is 3.45. The van der Waals surface area contributed by atoms with Gasteiger partial charge in [0, 0.05) is 33.7 Å². The lowest BCUT2D eigenvalue weighted by Crippen LogP contribution is -2.32. The minimum atomic E-state index is -0.303. The average molecular weight is 709 g/mol. The lowest BCUT2D eigenvalue weighted by molar-refractivity contribution is 0.472.